The summed E-state index contributed by atoms with van der Waals surface area (Å²) in [7, 11) is 3.30. The molecular weight excluding hydrogens is 348 g/mol. The molecule has 2 N–H and O–H groups in total. The lowest BCUT2D eigenvalue weighted by Crippen LogP contribution is -2.42. The van der Waals surface area contributed by atoms with Crippen LogP contribution in [0, 0.1) is 0 Å². The Bertz CT molecular complexity index is 807. The first-order valence-electron chi connectivity index (χ1n) is 8.49. The number of fused-ring (bicyclic) bond motifs is 1. The van der Waals surface area contributed by atoms with Gasteiger partial charge in [-0.25, -0.2) is 0 Å². The maximum absolute atomic E-state index is 6.10. The van der Waals surface area contributed by atoms with E-state index in [1.165, 1.54) is 0 Å². The minimum absolute atomic E-state index is 0.0226. The summed E-state index contributed by atoms with van der Waals surface area (Å²) in [5.41, 5.74) is 1.63. The van der Waals surface area contributed by atoms with Crippen LogP contribution in [0.25, 0.3) is 0 Å². The van der Waals surface area contributed by atoms with Crippen molar-refractivity contribution in [1.82, 2.24) is 5.32 Å². The van der Waals surface area contributed by atoms with Crippen molar-refractivity contribution in [1.29, 1.82) is 0 Å². The van der Waals surface area contributed by atoms with Crippen LogP contribution in [0.15, 0.2) is 42.5 Å². The Hall–Kier alpha value is -2.47. The Labute approximate surface area is 159 Å². The van der Waals surface area contributed by atoms with Crippen molar-refractivity contribution in [3.8, 4) is 17.2 Å². The van der Waals surface area contributed by atoms with Crippen LogP contribution in [0.1, 0.15) is 31.9 Å². The van der Waals surface area contributed by atoms with E-state index in [0.717, 1.165) is 34.9 Å². The van der Waals surface area contributed by atoms with Crippen LogP contribution < -0.4 is 24.8 Å². The van der Waals surface area contributed by atoms with Crippen molar-refractivity contribution in [2.45, 2.75) is 31.9 Å². The van der Waals surface area contributed by atoms with Gasteiger partial charge in [0.2, 0.25) is 0 Å². The highest BCUT2D eigenvalue weighted by Gasteiger charge is 2.34. The molecule has 1 heterocycles. The van der Waals surface area contributed by atoms with Crippen LogP contribution in [-0.2, 0) is 0 Å². The van der Waals surface area contributed by atoms with E-state index in [0.29, 0.717) is 5.11 Å². The molecule has 3 rings (SSSR count). The summed E-state index contributed by atoms with van der Waals surface area (Å²) in [5, 5.41) is 7.18. The van der Waals surface area contributed by atoms with Gasteiger partial charge in [-0.2, -0.15) is 0 Å². The summed E-state index contributed by atoms with van der Waals surface area (Å²) in [6, 6.07) is 13.5. The Morgan fingerprint density at radius 1 is 1.12 bits per heavy atom. The number of hydrogen-bond acceptors (Lipinski definition) is 4. The van der Waals surface area contributed by atoms with Gasteiger partial charge in [0, 0.05) is 23.7 Å². The number of anilines is 1. The average molecular weight is 372 g/mol. The van der Waals surface area contributed by atoms with Gasteiger partial charge in [-0.3, -0.25) is 0 Å². The van der Waals surface area contributed by atoms with Crippen molar-refractivity contribution in [3.05, 3.63) is 48.0 Å². The molecule has 0 aliphatic carbocycles. The van der Waals surface area contributed by atoms with Crippen molar-refractivity contribution in [2.24, 2.45) is 0 Å². The van der Waals surface area contributed by atoms with Gasteiger partial charge in [-0.1, -0.05) is 6.07 Å². The van der Waals surface area contributed by atoms with Gasteiger partial charge in [0.1, 0.15) is 22.8 Å². The fourth-order valence-electron chi connectivity index (χ4n) is 3.11. The molecule has 0 radical (unpaired) electrons. The van der Waals surface area contributed by atoms with Crippen LogP contribution in [-0.4, -0.2) is 24.9 Å². The van der Waals surface area contributed by atoms with Gasteiger partial charge in [0.05, 0.1) is 20.3 Å². The molecule has 5 nitrogen and oxygen atoms in total. The predicted molar refractivity (Wildman–Crippen MR) is 107 cm³/mol. The van der Waals surface area contributed by atoms with E-state index in [9.17, 15) is 0 Å². The minimum Gasteiger partial charge on any atom is -0.497 e. The zero-order valence-corrected chi connectivity index (χ0v) is 16.3. The zero-order valence-electron chi connectivity index (χ0n) is 15.5. The van der Waals surface area contributed by atoms with Crippen LogP contribution in [0.5, 0.6) is 17.2 Å². The van der Waals surface area contributed by atoms with Crippen molar-refractivity contribution < 1.29 is 14.2 Å². The van der Waals surface area contributed by atoms with E-state index in [1.807, 2.05) is 42.5 Å². The number of thiocarbonyl (C=S) groups is 1. The standard InChI is InChI=1S/C20H24N2O3S/c1-20(2)12-17(16-11-15(24-4)8-9-18(16)25-20)22-19(26)21-13-6-5-7-14(10-13)23-3/h5-11,17H,12H2,1-4H3,(H2,21,22,26). The minimum atomic E-state index is -0.287. The molecule has 0 aromatic heterocycles. The summed E-state index contributed by atoms with van der Waals surface area (Å²) >= 11 is 5.53. The molecule has 1 atom stereocenters. The normalized spacial score (nSPS) is 17.5. The maximum Gasteiger partial charge on any atom is 0.171 e. The van der Waals surface area contributed by atoms with E-state index in [-0.39, 0.29) is 11.6 Å². The van der Waals surface area contributed by atoms with E-state index >= 15 is 0 Å². The fourth-order valence-corrected chi connectivity index (χ4v) is 3.37. The number of methoxy groups -OCH3 is 2. The first-order valence-corrected chi connectivity index (χ1v) is 8.89. The number of ether oxygens (including phenoxy) is 3. The molecule has 0 bridgehead atoms. The summed E-state index contributed by atoms with van der Waals surface area (Å²) in [5.74, 6) is 2.43. The molecule has 2 aromatic carbocycles. The summed E-state index contributed by atoms with van der Waals surface area (Å²) in [6.45, 7) is 4.15. The molecule has 6 heteroatoms. The lowest BCUT2D eigenvalue weighted by Gasteiger charge is -2.38. The third kappa shape index (κ3) is 4.19. The summed E-state index contributed by atoms with van der Waals surface area (Å²) in [4.78, 5) is 0. The molecule has 0 spiro atoms. The van der Waals surface area contributed by atoms with Gasteiger partial charge in [-0.15, -0.1) is 0 Å². The van der Waals surface area contributed by atoms with Gasteiger partial charge >= 0.3 is 0 Å². The van der Waals surface area contributed by atoms with Gasteiger partial charge in [-0.05, 0) is 56.4 Å². The third-order valence-corrected chi connectivity index (χ3v) is 4.53. The van der Waals surface area contributed by atoms with Gasteiger partial charge in [0.25, 0.3) is 0 Å². The SMILES string of the molecule is COc1cccc(NC(=S)NC2CC(C)(C)Oc3ccc(OC)cc32)c1. The quantitative estimate of drug-likeness (QED) is 0.781. The molecular formula is C20H24N2O3S. The Balaban J connectivity index is 1.78. The largest absolute Gasteiger partial charge is 0.497 e. The van der Waals surface area contributed by atoms with E-state index < -0.39 is 0 Å². The Morgan fingerprint density at radius 3 is 2.58 bits per heavy atom. The van der Waals surface area contributed by atoms with E-state index in [2.05, 4.69) is 24.5 Å². The highest BCUT2D eigenvalue weighted by molar-refractivity contribution is 7.80. The smallest absolute Gasteiger partial charge is 0.171 e. The Kier molecular flexibility index (Phi) is 5.23. The highest BCUT2D eigenvalue weighted by atomic mass is 32.1. The average Bonchev–Trinajstić information content (AvgIpc) is 2.60. The second-order valence-electron chi connectivity index (χ2n) is 6.85. The van der Waals surface area contributed by atoms with E-state index in [1.54, 1.807) is 14.2 Å². The number of hydrogen-bond donors (Lipinski definition) is 2. The fraction of sp³-hybridized carbons (Fsp3) is 0.350. The molecule has 2 aromatic rings. The molecule has 0 saturated carbocycles. The molecule has 26 heavy (non-hydrogen) atoms. The van der Waals surface area contributed by atoms with Crippen molar-refractivity contribution in [3.63, 3.8) is 0 Å². The van der Waals surface area contributed by atoms with Crippen LogP contribution in [0.4, 0.5) is 5.69 Å². The monoisotopic (exact) mass is 372 g/mol. The maximum atomic E-state index is 6.10. The lowest BCUT2D eigenvalue weighted by molar-refractivity contribution is 0.0695. The van der Waals surface area contributed by atoms with Gasteiger partial charge < -0.3 is 24.8 Å². The number of nitrogens with one attached hydrogen (secondary N) is 2. The van der Waals surface area contributed by atoms with Crippen LogP contribution in [0.2, 0.25) is 0 Å². The first kappa shape index (κ1) is 18.3. The van der Waals surface area contributed by atoms with Gasteiger partial charge in [0.15, 0.2) is 5.11 Å². The molecule has 1 unspecified atom stereocenters. The van der Waals surface area contributed by atoms with Crippen LogP contribution >= 0.6 is 12.2 Å². The highest BCUT2D eigenvalue weighted by Crippen LogP contribution is 2.41. The lowest BCUT2D eigenvalue weighted by atomic mass is 9.89. The molecule has 0 saturated heterocycles. The third-order valence-electron chi connectivity index (χ3n) is 4.31. The van der Waals surface area contributed by atoms with E-state index in [4.69, 9.17) is 26.4 Å². The Morgan fingerprint density at radius 2 is 1.85 bits per heavy atom. The molecule has 138 valence electrons. The topological polar surface area (TPSA) is 51.8 Å². The first-order chi connectivity index (χ1) is 12.4. The summed E-state index contributed by atoms with van der Waals surface area (Å²) in [6.07, 6.45) is 0.785. The molecule has 0 fully saturated rings. The number of benzene rings is 2. The number of rotatable bonds is 4. The molecule has 0 amide bonds. The van der Waals surface area contributed by atoms with Crippen LogP contribution in [0.3, 0.4) is 0 Å². The summed E-state index contributed by atoms with van der Waals surface area (Å²) < 4.78 is 16.7. The second kappa shape index (κ2) is 7.41. The molecule has 1 aliphatic rings. The predicted octanol–water partition coefficient (Wildman–Crippen LogP) is 4.29. The molecule has 1 aliphatic heterocycles. The van der Waals surface area contributed by atoms with Crippen molar-refractivity contribution >= 4 is 23.0 Å². The zero-order chi connectivity index (χ0) is 18.7. The second-order valence-corrected chi connectivity index (χ2v) is 7.26. The van der Waals surface area contributed by atoms with Crippen molar-refractivity contribution in [2.75, 3.05) is 19.5 Å².